The second-order valence-electron chi connectivity index (χ2n) is 4.59. The van der Waals surface area contributed by atoms with Crippen molar-refractivity contribution in [3.8, 4) is 0 Å². The van der Waals surface area contributed by atoms with Crippen molar-refractivity contribution in [2.75, 3.05) is 6.54 Å². The van der Waals surface area contributed by atoms with Crippen molar-refractivity contribution in [2.45, 2.75) is 25.3 Å². The lowest BCUT2D eigenvalue weighted by Crippen LogP contribution is -2.30. The second-order valence-corrected chi connectivity index (χ2v) is 4.59. The lowest BCUT2D eigenvalue weighted by Gasteiger charge is -2.26. The molecule has 1 saturated heterocycles. The van der Waals surface area contributed by atoms with E-state index in [4.69, 9.17) is 0 Å². The predicted octanol–water partition coefficient (Wildman–Crippen LogP) is 2.38. The van der Waals surface area contributed by atoms with E-state index in [0.717, 1.165) is 24.4 Å². The fraction of sp³-hybridized carbons (Fsp3) is 0.462. The van der Waals surface area contributed by atoms with E-state index in [9.17, 15) is 4.39 Å². The fourth-order valence-corrected chi connectivity index (χ4v) is 2.86. The molecular weight excluding hydrogens is 203 g/mol. The van der Waals surface area contributed by atoms with Gasteiger partial charge in [-0.1, -0.05) is 6.08 Å². The maximum atomic E-state index is 12.8. The molecule has 3 heteroatoms. The van der Waals surface area contributed by atoms with Gasteiger partial charge in [-0.15, -0.1) is 0 Å². The summed E-state index contributed by atoms with van der Waals surface area (Å²) in [4.78, 5) is 3.73. The highest BCUT2D eigenvalue weighted by Gasteiger charge is 2.32. The van der Waals surface area contributed by atoms with Gasteiger partial charge in [0.05, 0.1) is 0 Å². The van der Waals surface area contributed by atoms with Gasteiger partial charge in [0.25, 0.3) is 0 Å². The Kier molecular flexibility index (Phi) is 2.48. The SMILES string of the molecule is Fc1ccc(C2=CCCC3CCNC23)cn1. The molecule has 0 radical (unpaired) electrons. The third kappa shape index (κ3) is 1.65. The molecule has 1 aliphatic carbocycles. The number of rotatable bonds is 1. The molecule has 84 valence electrons. The highest BCUT2D eigenvalue weighted by Crippen LogP contribution is 2.35. The molecule has 1 aromatic rings. The number of aromatic nitrogens is 1. The highest BCUT2D eigenvalue weighted by atomic mass is 19.1. The van der Waals surface area contributed by atoms with Gasteiger partial charge in [-0.2, -0.15) is 4.39 Å². The molecule has 2 aliphatic rings. The minimum atomic E-state index is -0.406. The monoisotopic (exact) mass is 218 g/mol. The highest BCUT2D eigenvalue weighted by molar-refractivity contribution is 5.70. The summed E-state index contributed by atoms with van der Waals surface area (Å²) in [6, 6.07) is 3.73. The zero-order valence-electron chi connectivity index (χ0n) is 9.12. The number of nitrogens with one attached hydrogen (secondary N) is 1. The summed E-state index contributed by atoms with van der Waals surface area (Å²) in [6.45, 7) is 1.10. The molecule has 0 bridgehead atoms. The van der Waals surface area contributed by atoms with Crippen LogP contribution in [0.25, 0.3) is 5.57 Å². The molecule has 2 heterocycles. The van der Waals surface area contributed by atoms with Crippen LogP contribution in [0.4, 0.5) is 4.39 Å². The van der Waals surface area contributed by atoms with Crippen LogP contribution in [0.3, 0.4) is 0 Å². The maximum Gasteiger partial charge on any atom is 0.212 e. The van der Waals surface area contributed by atoms with Gasteiger partial charge in [0.1, 0.15) is 0 Å². The van der Waals surface area contributed by atoms with Gasteiger partial charge in [0, 0.05) is 12.2 Å². The van der Waals surface area contributed by atoms with Crippen LogP contribution in [-0.4, -0.2) is 17.6 Å². The van der Waals surface area contributed by atoms with E-state index in [1.165, 1.54) is 24.5 Å². The van der Waals surface area contributed by atoms with Crippen molar-refractivity contribution >= 4 is 5.57 Å². The van der Waals surface area contributed by atoms with E-state index < -0.39 is 5.95 Å². The summed E-state index contributed by atoms with van der Waals surface area (Å²) >= 11 is 0. The zero-order valence-corrected chi connectivity index (χ0v) is 9.12. The molecule has 0 spiro atoms. The third-order valence-corrected chi connectivity index (χ3v) is 3.65. The first kappa shape index (κ1) is 9.97. The Balaban J connectivity index is 1.93. The third-order valence-electron chi connectivity index (χ3n) is 3.65. The standard InChI is InChI=1S/C13H15FN2/c14-12-5-4-10(8-16-12)11-3-1-2-9-6-7-15-13(9)11/h3-5,8-9,13,15H,1-2,6-7H2. The Bertz CT molecular complexity index is 410. The van der Waals surface area contributed by atoms with Gasteiger partial charge in [-0.25, -0.2) is 4.98 Å². The van der Waals surface area contributed by atoms with Crippen LogP contribution in [0.1, 0.15) is 24.8 Å². The van der Waals surface area contributed by atoms with E-state index in [0.29, 0.717) is 6.04 Å². The quantitative estimate of drug-likeness (QED) is 0.732. The average molecular weight is 218 g/mol. The van der Waals surface area contributed by atoms with Crippen LogP contribution >= 0.6 is 0 Å². The van der Waals surface area contributed by atoms with Crippen LogP contribution in [0.15, 0.2) is 24.4 Å². The van der Waals surface area contributed by atoms with Crippen LogP contribution in [0, 0.1) is 11.9 Å². The Morgan fingerprint density at radius 3 is 3.06 bits per heavy atom. The molecule has 1 N–H and O–H groups in total. The summed E-state index contributed by atoms with van der Waals surface area (Å²) < 4.78 is 12.8. The van der Waals surface area contributed by atoms with E-state index in [-0.39, 0.29) is 0 Å². The largest absolute Gasteiger partial charge is 0.310 e. The van der Waals surface area contributed by atoms with Crippen LogP contribution in [-0.2, 0) is 0 Å². The molecule has 2 nitrogen and oxygen atoms in total. The smallest absolute Gasteiger partial charge is 0.212 e. The fourth-order valence-electron chi connectivity index (χ4n) is 2.86. The number of hydrogen-bond donors (Lipinski definition) is 1. The second kappa shape index (κ2) is 3.98. The molecule has 1 fully saturated rings. The molecule has 0 saturated carbocycles. The lowest BCUT2D eigenvalue weighted by molar-refractivity contribution is 0.470. The van der Waals surface area contributed by atoms with E-state index >= 15 is 0 Å². The molecule has 2 unspecified atom stereocenters. The number of hydrogen-bond acceptors (Lipinski definition) is 2. The summed E-state index contributed by atoms with van der Waals surface area (Å²) in [6.07, 6.45) is 7.58. The van der Waals surface area contributed by atoms with Crippen LogP contribution in [0.5, 0.6) is 0 Å². The summed E-state index contributed by atoms with van der Waals surface area (Å²) in [7, 11) is 0. The van der Waals surface area contributed by atoms with Gasteiger partial charge < -0.3 is 5.32 Å². The van der Waals surface area contributed by atoms with Crippen molar-refractivity contribution in [2.24, 2.45) is 5.92 Å². The van der Waals surface area contributed by atoms with Crippen LogP contribution < -0.4 is 5.32 Å². The maximum absolute atomic E-state index is 12.8. The number of nitrogens with zero attached hydrogens (tertiary/aromatic N) is 1. The summed E-state index contributed by atoms with van der Waals surface area (Å²) in [5.74, 6) is 0.348. The summed E-state index contributed by atoms with van der Waals surface area (Å²) in [5.41, 5.74) is 2.37. The van der Waals surface area contributed by atoms with Gasteiger partial charge in [0.15, 0.2) is 0 Å². The normalized spacial score (nSPS) is 28.7. The molecule has 1 aromatic heterocycles. The Labute approximate surface area is 94.6 Å². The first-order valence-electron chi connectivity index (χ1n) is 5.90. The average Bonchev–Trinajstić information content (AvgIpc) is 2.78. The molecule has 2 atom stereocenters. The van der Waals surface area contributed by atoms with Crippen molar-refractivity contribution < 1.29 is 4.39 Å². The minimum Gasteiger partial charge on any atom is -0.310 e. The minimum absolute atomic E-state index is 0.406. The predicted molar refractivity (Wildman–Crippen MR) is 61.3 cm³/mol. The number of allylic oxidation sites excluding steroid dienone is 1. The number of fused-ring (bicyclic) bond motifs is 1. The molecule has 0 aromatic carbocycles. The van der Waals surface area contributed by atoms with E-state index in [1.54, 1.807) is 6.20 Å². The molecule has 0 amide bonds. The Hall–Kier alpha value is -1.22. The van der Waals surface area contributed by atoms with E-state index in [1.807, 2.05) is 6.07 Å². The van der Waals surface area contributed by atoms with Crippen LogP contribution in [0.2, 0.25) is 0 Å². The molecule has 3 rings (SSSR count). The van der Waals surface area contributed by atoms with Gasteiger partial charge in [-0.05, 0) is 55.0 Å². The lowest BCUT2D eigenvalue weighted by atomic mass is 9.82. The first-order chi connectivity index (χ1) is 7.84. The number of halogens is 1. The molecule has 1 aliphatic heterocycles. The summed E-state index contributed by atoms with van der Waals surface area (Å²) in [5, 5.41) is 3.53. The van der Waals surface area contributed by atoms with Crippen molar-refractivity contribution in [1.82, 2.24) is 10.3 Å². The Morgan fingerprint density at radius 1 is 1.31 bits per heavy atom. The topological polar surface area (TPSA) is 24.9 Å². The van der Waals surface area contributed by atoms with Gasteiger partial charge >= 0.3 is 0 Å². The Morgan fingerprint density at radius 2 is 2.25 bits per heavy atom. The van der Waals surface area contributed by atoms with Crippen molar-refractivity contribution in [3.63, 3.8) is 0 Å². The molecule has 16 heavy (non-hydrogen) atoms. The van der Waals surface area contributed by atoms with E-state index in [2.05, 4.69) is 16.4 Å². The van der Waals surface area contributed by atoms with Crippen molar-refractivity contribution in [1.29, 1.82) is 0 Å². The zero-order chi connectivity index (χ0) is 11.0. The first-order valence-corrected chi connectivity index (χ1v) is 5.90. The number of pyridine rings is 1. The van der Waals surface area contributed by atoms with Crippen molar-refractivity contribution in [3.05, 3.63) is 35.9 Å². The van der Waals surface area contributed by atoms with Gasteiger partial charge in [-0.3, -0.25) is 0 Å². The van der Waals surface area contributed by atoms with Gasteiger partial charge in [0.2, 0.25) is 5.95 Å². The molecular formula is C13H15FN2.